The zero-order valence-corrected chi connectivity index (χ0v) is 10.8. The fraction of sp³-hybridized carbons (Fsp3) is 0.600. The minimum absolute atomic E-state index is 0.462. The van der Waals surface area contributed by atoms with E-state index in [4.69, 9.17) is 10.4 Å². The Morgan fingerprint density at radius 1 is 1.17 bits per heavy atom. The minimum atomic E-state index is -1.08. The normalized spacial score (nSPS) is 13.8. The monoisotopic (exact) mass is 258 g/mol. The summed E-state index contributed by atoms with van der Waals surface area (Å²) in [6, 6.07) is 0. The Balaban J connectivity index is 4.81. The molecule has 0 rings (SSSR count). The first-order valence-electron chi connectivity index (χ1n) is 5.16. The molecule has 0 saturated carbocycles. The number of rotatable bonds is 6. The molecule has 0 heterocycles. The standard InChI is InChI=1S/C10H18N4O4/c1-9(2,7-11-15)13(17)5-6-14(18)10(3,4)8-12-16/h5-8,15-16H,1-4H3/b6-5?,11-7-,12-8-. The lowest BCUT2D eigenvalue weighted by molar-refractivity contribution is -0.536. The molecule has 0 saturated heterocycles. The summed E-state index contributed by atoms with van der Waals surface area (Å²) in [6.07, 6.45) is 4.09. The molecule has 0 aromatic heterocycles. The summed E-state index contributed by atoms with van der Waals surface area (Å²) in [5.41, 5.74) is -2.16. The Bertz CT molecular complexity index is 374. The lowest BCUT2D eigenvalue weighted by Gasteiger charge is -2.39. The van der Waals surface area contributed by atoms with Crippen molar-refractivity contribution in [2.45, 2.75) is 38.8 Å². The predicted molar refractivity (Wildman–Crippen MR) is 66.7 cm³/mol. The summed E-state index contributed by atoms with van der Waals surface area (Å²) in [4.78, 5) is 11.6. The second kappa shape index (κ2) is 6.10. The third kappa shape index (κ3) is 4.50. The molecule has 102 valence electrons. The maximum Gasteiger partial charge on any atom is 0.249 e. The largest absolute Gasteiger partial charge is 0.758 e. The molecule has 0 atom stereocenters. The van der Waals surface area contributed by atoms with Crippen LogP contribution in [0, 0.1) is 10.1 Å². The van der Waals surface area contributed by atoms with Gasteiger partial charge in [0.05, 0.1) is 18.0 Å². The van der Waals surface area contributed by atoms with Crippen molar-refractivity contribution >= 4 is 12.4 Å². The molecule has 0 aliphatic heterocycles. The zero-order valence-electron chi connectivity index (χ0n) is 10.8. The van der Waals surface area contributed by atoms with E-state index in [-0.39, 0.29) is 0 Å². The van der Waals surface area contributed by atoms with E-state index in [1.165, 1.54) is 27.7 Å². The van der Waals surface area contributed by atoms with Gasteiger partial charge in [-0.05, 0) is 13.8 Å². The van der Waals surface area contributed by atoms with Gasteiger partial charge < -0.3 is 20.7 Å². The van der Waals surface area contributed by atoms with E-state index in [9.17, 15) is 10.1 Å². The van der Waals surface area contributed by atoms with Crippen LogP contribution in [0.5, 0.6) is 0 Å². The molecule has 0 aliphatic rings. The summed E-state index contributed by atoms with van der Waals surface area (Å²) in [6.45, 7) is 6.05. The molecule has 0 aromatic rings. The van der Waals surface area contributed by atoms with Crippen molar-refractivity contribution in [2.75, 3.05) is 0 Å². The molecule has 0 radical (unpaired) electrons. The molecule has 0 aliphatic carbocycles. The van der Waals surface area contributed by atoms with Crippen LogP contribution in [0.15, 0.2) is 22.7 Å². The van der Waals surface area contributed by atoms with Crippen molar-refractivity contribution in [3.05, 3.63) is 22.5 Å². The quantitative estimate of drug-likeness (QED) is 0.324. The second-order valence-electron chi connectivity index (χ2n) is 4.75. The number of oxime groups is 2. The van der Waals surface area contributed by atoms with Gasteiger partial charge in [-0.1, -0.05) is 10.3 Å². The van der Waals surface area contributed by atoms with Gasteiger partial charge in [-0.25, -0.2) is 0 Å². The van der Waals surface area contributed by atoms with Gasteiger partial charge in [0.25, 0.3) is 0 Å². The van der Waals surface area contributed by atoms with Gasteiger partial charge >= 0.3 is 0 Å². The average Bonchev–Trinajstić information content (AvgIpc) is 2.24. The Morgan fingerprint density at radius 2 is 1.67 bits per heavy atom. The molecule has 0 unspecified atom stereocenters. The highest BCUT2D eigenvalue weighted by molar-refractivity contribution is 5.68. The predicted octanol–water partition coefficient (Wildman–Crippen LogP) is 1.51. The van der Waals surface area contributed by atoms with Crippen LogP contribution in [0.3, 0.4) is 0 Å². The van der Waals surface area contributed by atoms with E-state index in [1.54, 1.807) is 0 Å². The number of hydroxylamine groups is 2. The van der Waals surface area contributed by atoms with Crippen molar-refractivity contribution in [1.82, 2.24) is 5.06 Å². The second-order valence-corrected chi connectivity index (χ2v) is 4.75. The van der Waals surface area contributed by atoms with Gasteiger partial charge in [-0.15, -0.1) is 0 Å². The fourth-order valence-corrected chi connectivity index (χ4v) is 0.902. The first-order chi connectivity index (χ1) is 8.17. The van der Waals surface area contributed by atoms with E-state index in [0.717, 1.165) is 24.8 Å². The SMILES string of the molecule is CC(C)(/C=N\O)N([O-])C=C[N+](=O)C(C)(C)/C=N\O. The van der Waals surface area contributed by atoms with E-state index in [0.29, 0.717) is 9.82 Å². The third-order valence-corrected chi connectivity index (χ3v) is 2.22. The van der Waals surface area contributed by atoms with Crippen LogP contribution in [-0.2, 0) is 0 Å². The van der Waals surface area contributed by atoms with Crippen LogP contribution in [-0.4, -0.2) is 43.7 Å². The summed E-state index contributed by atoms with van der Waals surface area (Å²) in [5, 5.41) is 34.4. The molecule has 0 bridgehead atoms. The summed E-state index contributed by atoms with van der Waals surface area (Å²) >= 11 is 0. The van der Waals surface area contributed by atoms with E-state index in [1.807, 2.05) is 0 Å². The lowest BCUT2D eigenvalue weighted by Crippen LogP contribution is -2.38. The average molecular weight is 258 g/mol. The van der Waals surface area contributed by atoms with Gasteiger partial charge in [-0.2, -0.15) is 0 Å². The maximum atomic E-state index is 11.6. The molecule has 0 aromatic carbocycles. The van der Waals surface area contributed by atoms with Crippen LogP contribution >= 0.6 is 0 Å². The first kappa shape index (κ1) is 16.0. The molecule has 18 heavy (non-hydrogen) atoms. The molecule has 8 heteroatoms. The Labute approximate surface area is 105 Å². The first-order valence-corrected chi connectivity index (χ1v) is 5.16. The molecule has 8 nitrogen and oxygen atoms in total. The Morgan fingerprint density at radius 3 is 2.11 bits per heavy atom. The molecular formula is C10H18N4O4. The van der Waals surface area contributed by atoms with Crippen LogP contribution in [0.4, 0.5) is 0 Å². The van der Waals surface area contributed by atoms with Crippen LogP contribution in [0.25, 0.3) is 0 Å². The molecule has 2 N–H and O–H groups in total. The van der Waals surface area contributed by atoms with Crippen molar-refractivity contribution in [2.24, 2.45) is 10.3 Å². The van der Waals surface area contributed by atoms with E-state index < -0.39 is 11.1 Å². The number of hydrogen-bond donors (Lipinski definition) is 2. The number of nitroso groups, excluding NO2 is 1. The van der Waals surface area contributed by atoms with Crippen LogP contribution in [0.1, 0.15) is 27.7 Å². The molecular weight excluding hydrogens is 240 g/mol. The topological polar surface area (TPSA) is 112 Å². The van der Waals surface area contributed by atoms with Gasteiger partial charge in [0.15, 0.2) is 0 Å². The Kier molecular flexibility index (Phi) is 5.44. The number of nitrogens with zero attached hydrogens (tertiary/aromatic N) is 4. The maximum absolute atomic E-state index is 11.6. The lowest BCUT2D eigenvalue weighted by atomic mass is 10.1. The minimum Gasteiger partial charge on any atom is -0.758 e. The smallest absolute Gasteiger partial charge is 0.249 e. The van der Waals surface area contributed by atoms with E-state index >= 15 is 0 Å². The van der Waals surface area contributed by atoms with Crippen LogP contribution < -0.4 is 0 Å². The Hall–Kier alpha value is -1.96. The highest BCUT2D eigenvalue weighted by atomic mass is 16.5. The zero-order chi connectivity index (χ0) is 14.4. The third-order valence-electron chi connectivity index (χ3n) is 2.22. The highest BCUT2D eigenvalue weighted by Crippen LogP contribution is 2.12. The van der Waals surface area contributed by atoms with Crippen molar-refractivity contribution in [3.63, 3.8) is 0 Å². The van der Waals surface area contributed by atoms with Crippen molar-refractivity contribution in [1.29, 1.82) is 0 Å². The van der Waals surface area contributed by atoms with Crippen LogP contribution in [0.2, 0.25) is 0 Å². The summed E-state index contributed by atoms with van der Waals surface area (Å²) in [5.74, 6) is 0. The van der Waals surface area contributed by atoms with Crippen molar-refractivity contribution in [3.8, 4) is 0 Å². The highest BCUT2D eigenvalue weighted by Gasteiger charge is 2.32. The molecule has 0 spiro atoms. The molecule has 0 amide bonds. The number of hydrogen-bond acceptors (Lipinski definition) is 7. The van der Waals surface area contributed by atoms with E-state index in [2.05, 4.69) is 10.3 Å². The van der Waals surface area contributed by atoms with Gasteiger partial charge in [0.1, 0.15) is 6.21 Å². The fourth-order valence-electron chi connectivity index (χ4n) is 0.902. The van der Waals surface area contributed by atoms with Gasteiger partial charge in [0.2, 0.25) is 11.7 Å². The van der Waals surface area contributed by atoms with Crippen molar-refractivity contribution < 1.29 is 15.2 Å². The summed E-state index contributed by atoms with van der Waals surface area (Å²) in [7, 11) is 0. The summed E-state index contributed by atoms with van der Waals surface area (Å²) < 4.78 is 0.462. The van der Waals surface area contributed by atoms with Gasteiger partial charge in [-0.3, -0.25) is 0 Å². The molecule has 0 fully saturated rings. The van der Waals surface area contributed by atoms with Gasteiger partial charge in [0, 0.05) is 23.5 Å².